The first-order valence-corrected chi connectivity index (χ1v) is 18.7. The summed E-state index contributed by atoms with van der Waals surface area (Å²) in [6.45, 7) is 11.4. The molecular weight excluding hydrogens is 644 g/mol. The lowest BCUT2D eigenvalue weighted by atomic mass is 10.0. The minimum Gasteiger partial charge on any atom is -0.437 e. The van der Waals surface area contributed by atoms with Crippen molar-refractivity contribution in [3.8, 4) is 12.3 Å². The molecular formula is C34H49FN4O6S2. The zero-order valence-electron chi connectivity index (χ0n) is 29.0. The average molecular weight is 693 g/mol. The Balaban J connectivity index is 0.00000208. The predicted molar refractivity (Wildman–Crippen MR) is 191 cm³/mol. The van der Waals surface area contributed by atoms with Crippen molar-refractivity contribution in [2.24, 2.45) is 0 Å². The molecule has 3 rings (SSSR count). The second-order valence-corrected chi connectivity index (χ2v) is 14.3. The number of alkyl halides is 1. The summed E-state index contributed by atoms with van der Waals surface area (Å²) >= 11 is 0. The Hall–Kier alpha value is -3.73. The summed E-state index contributed by atoms with van der Waals surface area (Å²) in [5.41, 5.74) is 2.67. The van der Waals surface area contributed by atoms with Gasteiger partial charge in [-0.1, -0.05) is 51.2 Å². The molecule has 2 aromatic rings. The topological polar surface area (TPSA) is 130 Å². The molecule has 0 fully saturated rings. The number of allylic oxidation sites excluding steroid dienone is 6. The van der Waals surface area contributed by atoms with Gasteiger partial charge in [0.1, 0.15) is 11.6 Å². The lowest BCUT2D eigenvalue weighted by molar-refractivity contribution is 0.0963. The maximum Gasteiger partial charge on any atom is 0.255 e. The van der Waals surface area contributed by atoms with Crippen LogP contribution in [0, 0.1) is 12.3 Å². The van der Waals surface area contributed by atoms with E-state index in [4.69, 9.17) is 4.42 Å². The van der Waals surface area contributed by atoms with Gasteiger partial charge in [0.2, 0.25) is 25.8 Å². The van der Waals surface area contributed by atoms with Crippen molar-refractivity contribution in [1.82, 2.24) is 14.6 Å². The Morgan fingerprint density at radius 2 is 1.91 bits per heavy atom. The van der Waals surface area contributed by atoms with Gasteiger partial charge in [0.05, 0.1) is 29.3 Å². The number of sulfonamides is 2. The number of hydrogen-bond acceptors (Lipinski definition) is 7. The van der Waals surface area contributed by atoms with Gasteiger partial charge < -0.3 is 9.73 Å². The van der Waals surface area contributed by atoms with E-state index in [1.807, 2.05) is 45.9 Å². The molecule has 2 aromatic heterocycles. The van der Waals surface area contributed by atoms with Crippen LogP contribution in [0.5, 0.6) is 0 Å². The van der Waals surface area contributed by atoms with Gasteiger partial charge in [-0.2, -0.15) is 9.29 Å². The maximum atomic E-state index is 13.0. The number of rotatable bonds is 13. The Kier molecular flexibility index (Phi) is 16.8. The van der Waals surface area contributed by atoms with Gasteiger partial charge in [-0.15, -0.1) is 12.3 Å². The van der Waals surface area contributed by atoms with Crippen molar-refractivity contribution in [2.75, 3.05) is 44.4 Å². The second kappa shape index (κ2) is 19.2. The van der Waals surface area contributed by atoms with Gasteiger partial charge in [0.25, 0.3) is 5.91 Å². The van der Waals surface area contributed by atoms with E-state index in [0.717, 1.165) is 23.8 Å². The van der Waals surface area contributed by atoms with E-state index >= 15 is 0 Å². The molecule has 0 bridgehead atoms. The fraction of sp³-hybridized carbons (Fsp3) is 0.471. The van der Waals surface area contributed by atoms with Crippen LogP contribution in [0.4, 0.5) is 10.2 Å². The van der Waals surface area contributed by atoms with E-state index < -0.39 is 20.0 Å². The van der Waals surface area contributed by atoms with Crippen LogP contribution in [0.1, 0.15) is 82.5 Å². The Bertz CT molecular complexity index is 1760. The van der Waals surface area contributed by atoms with Crippen LogP contribution in [0.3, 0.4) is 0 Å². The molecule has 47 heavy (non-hydrogen) atoms. The molecule has 260 valence electrons. The van der Waals surface area contributed by atoms with Crippen molar-refractivity contribution >= 4 is 48.4 Å². The molecule has 0 aromatic carbocycles. The molecule has 1 aliphatic heterocycles. The summed E-state index contributed by atoms with van der Waals surface area (Å²) < 4.78 is 70.1. The van der Waals surface area contributed by atoms with E-state index in [1.54, 1.807) is 39.1 Å². The molecule has 0 radical (unpaired) electrons. The lowest BCUT2D eigenvalue weighted by Crippen LogP contribution is -2.35. The number of nitrogens with zero attached hydrogens (tertiary/aromatic N) is 3. The third-order valence-corrected chi connectivity index (χ3v) is 10.4. The molecule has 0 unspecified atom stereocenters. The molecule has 1 aliphatic rings. The highest BCUT2D eigenvalue weighted by Crippen LogP contribution is 2.35. The Labute approximate surface area is 280 Å². The van der Waals surface area contributed by atoms with Crippen molar-refractivity contribution in [1.29, 1.82) is 0 Å². The number of fused-ring (bicyclic) bond motifs is 1. The molecule has 13 heteroatoms. The molecule has 0 atom stereocenters. The number of pyridine rings is 1. The summed E-state index contributed by atoms with van der Waals surface area (Å²) in [6.07, 6.45) is 17.3. The van der Waals surface area contributed by atoms with Crippen LogP contribution in [-0.2, 0) is 26.5 Å². The molecule has 3 heterocycles. The molecule has 10 nitrogen and oxygen atoms in total. The summed E-state index contributed by atoms with van der Waals surface area (Å²) in [5.74, 6) is 2.52. The van der Waals surface area contributed by atoms with Crippen LogP contribution >= 0.6 is 0 Å². The predicted octanol–water partition coefficient (Wildman–Crippen LogP) is 6.39. The van der Waals surface area contributed by atoms with Crippen molar-refractivity contribution in [2.45, 2.75) is 67.2 Å². The van der Waals surface area contributed by atoms with E-state index in [9.17, 15) is 26.0 Å². The highest BCUT2D eigenvalue weighted by Gasteiger charge is 2.34. The van der Waals surface area contributed by atoms with Crippen LogP contribution in [-0.4, -0.2) is 72.1 Å². The summed E-state index contributed by atoms with van der Waals surface area (Å²) in [6, 6.07) is 1.77. The van der Waals surface area contributed by atoms with Crippen LogP contribution < -0.4 is 9.62 Å². The number of aromatic nitrogens is 1. The van der Waals surface area contributed by atoms with E-state index in [0.29, 0.717) is 47.2 Å². The fourth-order valence-electron chi connectivity index (χ4n) is 4.92. The Morgan fingerprint density at radius 1 is 1.28 bits per heavy atom. The minimum absolute atomic E-state index is 0.0200. The third-order valence-electron chi connectivity index (χ3n) is 7.21. The summed E-state index contributed by atoms with van der Waals surface area (Å²) in [5, 5.41) is 3.18. The normalized spacial score (nSPS) is 15.0. The van der Waals surface area contributed by atoms with Gasteiger partial charge in [0.15, 0.2) is 0 Å². The number of nitrogens with one attached hydrogen (secondary N) is 1. The standard InChI is InChI=1S/C30H42N4O6S2.C3H4.CH3F/c1-8-12-13-16-22(10-3)27-26(29(35)31-6)25-19-23(11-4)28(32-30(25)40-27)34(41(7,36)37)18-14-17-33-20-24(15-9-2)21(5)42(33,38)39;1-3-2;1-2/h9,12-13,15-16,19H,8,10-11,14,17-18,20H2,1-7H3,(H,31,35);1H,2H3;1H3/b13-12-,15-9-,22-16+;;. The van der Waals surface area contributed by atoms with Crippen molar-refractivity contribution in [3.05, 3.63) is 63.8 Å². The number of furan rings is 1. The number of halogens is 1. The van der Waals surface area contributed by atoms with Gasteiger partial charge in [-0.3, -0.25) is 13.5 Å². The minimum atomic E-state index is -3.79. The molecule has 1 amide bonds. The maximum absolute atomic E-state index is 13.0. The molecule has 0 aliphatic carbocycles. The lowest BCUT2D eigenvalue weighted by Gasteiger charge is -2.24. The smallest absolute Gasteiger partial charge is 0.255 e. The number of aryl methyl sites for hydroxylation is 1. The number of carbonyl (C=O) groups excluding carboxylic acids is 1. The second-order valence-electron chi connectivity index (χ2n) is 10.3. The van der Waals surface area contributed by atoms with Gasteiger partial charge >= 0.3 is 0 Å². The summed E-state index contributed by atoms with van der Waals surface area (Å²) in [7, 11) is -5.34. The van der Waals surface area contributed by atoms with E-state index in [2.05, 4.69) is 22.6 Å². The average Bonchev–Trinajstić information content (AvgIpc) is 3.50. The zero-order chi connectivity index (χ0) is 35.9. The van der Waals surface area contributed by atoms with Crippen molar-refractivity contribution < 1.29 is 30.4 Å². The van der Waals surface area contributed by atoms with Crippen molar-refractivity contribution in [3.63, 3.8) is 0 Å². The first-order chi connectivity index (χ1) is 22.3. The number of terminal acetylenes is 1. The quantitative estimate of drug-likeness (QED) is 0.190. The van der Waals surface area contributed by atoms with Crippen LogP contribution in [0.15, 0.2) is 51.3 Å². The van der Waals surface area contributed by atoms with Crippen LogP contribution in [0.25, 0.3) is 16.7 Å². The van der Waals surface area contributed by atoms with E-state index in [1.165, 1.54) is 8.61 Å². The highest BCUT2D eigenvalue weighted by molar-refractivity contribution is 7.93. The number of anilines is 1. The number of amides is 1. The fourth-order valence-corrected chi connectivity index (χ4v) is 7.38. The van der Waals surface area contributed by atoms with Gasteiger partial charge in [0, 0.05) is 26.7 Å². The Morgan fingerprint density at radius 3 is 2.43 bits per heavy atom. The number of hydrogen-bond donors (Lipinski definition) is 1. The largest absolute Gasteiger partial charge is 0.437 e. The van der Waals surface area contributed by atoms with Gasteiger partial charge in [-0.05, 0) is 69.2 Å². The molecule has 1 N–H and O–H groups in total. The SMILES string of the molecule is C#CC.C/C=C\C1=C(C)S(=O)(=O)N(CCCN(c2nc3oc(/C(=C/C=C\CC)CC)c(C(=O)NC)c3cc2CC)S(C)(=O)=O)C1.CF. The first kappa shape index (κ1) is 41.3. The van der Waals surface area contributed by atoms with E-state index in [-0.39, 0.29) is 43.5 Å². The third kappa shape index (κ3) is 10.1. The molecule has 0 spiro atoms. The molecule has 0 saturated carbocycles. The summed E-state index contributed by atoms with van der Waals surface area (Å²) in [4.78, 5) is 18.0. The highest BCUT2D eigenvalue weighted by atomic mass is 32.2. The molecule has 0 saturated heterocycles. The zero-order valence-corrected chi connectivity index (χ0v) is 30.6. The number of carbonyl (C=O) groups is 1. The van der Waals surface area contributed by atoms with Gasteiger partial charge in [-0.25, -0.2) is 16.8 Å². The monoisotopic (exact) mass is 692 g/mol. The van der Waals surface area contributed by atoms with Crippen LogP contribution in [0.2, 0.25) is 0 Å². The first-order valence-electron chi connectivity index (χ1n) is 15.4.